The maximum absolute atomic E-state index is 12.5. The first kappa shape index (κ1) is 24.3. The maximum atomic E-state index is 12.5. The number of para-hydroxylation sites is 1. The van der Waals surface area contributed by atoms with Crippen molar-refractivity contribution < 1.29 is 19.0 Å². The topological polar surface area (TPSA) is 60.4 Å². The van der Waals surface area contributed by atoms with E-state index in [9.17, 15) is 4.79 Å². The number of aliphatic imine (C=N–C) groups is 1. The van der Waals surface area contributed by atoms with Gasteiger partial charge < -0.3 is 14.2 Å². The van der Waals surface area contributed by atoms with Crippen LogP contribution in [0.25, 0.3) is 0 Å². The molecule has 1 aliphatic heterocycles. The average molecular weight is 456 g/mol. The Morgan fingerprint density at radius 3 is 1.97 bits per heavy atom. The van der Waals surface area contributed by atoms with Crippen LogP contribution >= 0.6 is 0 Å². The van der Waals surface area contributed by atoms with Crippen molar-refractivity contribution in [3.8, 4) is 0 Å². The SMILES string of the molecule is O=C(OCCCC1CCCCC1)C1OC1C(=Nc1ccccc1)OCCCC1CCCCC1. The van der Waals surface area contributed by atoms with Crippen molar-refractivity contribution in [2.75, 3.05) is 13.2 Å². The highest BCUT2D eigenvalue weighted by Crippen LogP contribution is 2.30. The number of ether oxygens (including phenoxy) is 3. The Kier molecular flexibility index (Phi) is 9.64. The molecule has 3 fully saturated rings. The van der Waals surface area contributed by atoms with E-state index in [0.29, 0.717) is 19.1 Å². The number of nitrogens with zero attached hydrogens (tertiary/aromatic N) is 1. The zero-order valence-corrected chi connectivity index (χ0v) is 20.1. The molecule has 0 radical (unpaired) electrons. The molecule has 0 bridgehead atoms. The van der Waals surface area contributed by atoms with Gasteiger partial charge in [-0.3, -0.25) is 0 Å². The Hall–Kier alpha value is -1.88. The van der Waals surface area contributed by atoms with E-state index in [0.717, 1.165) is 36.8 Å². The van der Waals surface area contributed by atoms with E-state index in [-0.39, 0.29) is 5.97 Å². The fraction of sp³-hybridized carbons (Fsp3) is 0.714. The Morgan fingerprint density at radius 2 is 1.36 bits per heavy atom. The summed E-state index contributed by atoms with van der Waals surface area (Å²) in [7, 11) is 0. The molecular formula is C28H41NO4. The minimum atomic E-state index is -0.583. The van der Waals surface area contributed by atoms with Crippen LogP contribution < -0.4 is 0 Å². The summed E-state index contributed by atoms with van der Waals surface area (Å²) < 4.78 is 17.3. The third kappa shape index (κ3) is 8.13. The van der Waals surface area contributed by atoms with Crippen molar-refractivity contribution in [1.82, 2.24) is 0 Å². The molecule has 5 nitrogen and oxygen atoms in total. The predicted molar refractivity (Wildman–Crippen MR) is 131 cm³/mol. The van der Waals surface area contributed by atoms with Crippen molar-refractivity contribution in [2.24, 2.45) is 16.8 Å². The minimum Gasteiger partial charge on any atom is -0.479 e. The lowest BCUT2D eigenvalue weighted by Crippen LogP contribution is -2.22. The first-order valence-corrected chi connectivity index (χ1v) is 13.4. The summed E-state index contributed by atoms with van der Waals surface area (Å²) >= 11 is 0. The third-order valence-electron chi connectivity index (χ3n) is 7.42. The number of hydrogen-bond acceptors (Lipinski definition) is 5. The van der Waals surface area contributed by atoms with Gasteiger partial charge in [0.15, 0.2) is 12.2 Å². The van der Waals surface area contributed by atoms with Gasteiger partial charge in [-0.15, -0.1) is 0 Å². The Labute approximate surface area is 199 Å². The molecule has 1 aromatic rings. The molecule has 182 valence electrons. The molecule has 0 spiro atoms. The molecule has 5 heteroatoms. The number of carbonyl (C=O) groups is 1. The number of esters is 1. The van der Waals surface area contributed by atoms with E-state index in [1.54, 1.807) is 0 Å². The first-order chi connectivity index (χ1) is 16.3. The standard InChI is InChI=1S/C28H41NO4/c30-28(32-21-11-17-23-14-6-2-7-15-23)26-25(33-26)27(29-24-18-8-3-9-19-24)31-20-10-16-22-12-4-1-5-13-22/h3,8-9,18-19,22-23,25-26H,1-2,4-7,10-17,20-21H2. The zero-order chi connectivity index (χ0) is 22.7. The number of rotatable bonds is 11. The van der Waals surface area contributed by atoms with Crippen LogP contribution in [0, 0.1) is 11.8 Å². The second kappa shape index (κ2) is 13.1. The van der Waals surface area contributed by atoms with Crippen LogP contribution in [0.5, 0.6) is 0 Å². The molecule has 3 aliphatic rings. The smallest absolute Gasteiger partial charge is 0.338 e. The summed E-state index contributed by atoms with van der Waals surface area (Å²) in [5, 5.41) is 0. The minimum absolute atomic E-state index is 0.282. The molecular weight excluding hydrogens is 414 g/mol. The Morgan fingerprint density at radius 1 is 0.788 bits per heavy atom. The lowest BCUT2D eigenvalue weighted by Gasteiger charge is -2.21. The molecule has 2 aliphatic carbocycles. The quantitative estimate of drug-likeness (QED) is 0.121. The third-order valence-corrected chi connectivity index (χ3v) is 7.42. The van der Waals surface area contributed by atoms with E-state index >= 15 is 0 Å². The van der Waals surface area contributed by atoms with Crippen LogP contribution in [-0.2, 0) is 19.0 Å². The molecule has 0 amide bonds. The van der Waals surface area contributed by atoms with Crippen molar-refractivity contribution in [3.05, 3.63) is 30.3 Å². The Bertz CT molecular complexity index is 738. The average Bonchev–Trinajstić information content (AvgIpc) is 3.67. The molecule has 0 N–H and O–H groups in total. The number of benzene rings is 1. The van der Waals surface area contributed by atoms with Gasteiger partial charge in [-0.25, -0.2) is 9.79 Å². The molecule has 0 aromatic heterocycles. The van der Waals surface area contributed by atoms with Crippen LogP contribution in [0.2, 0.25) is 0 Å². The van der Waals surface area contributed by atoms with Crippen molar-refractivity contribution in [1.29, 1.82) is 0 Å². The highest BCUT2D eigenvalue weighted by atomic mass is 16.7. The lowest BCUT2D eigenvalue weighted by atomic mass is 9.86. The van der Waals surface area contributed by atoms with Crippen molar-refractivity contribution in [3.63, 3.8) is 0 Å². The van der Waals surface area contributed by atoms with Crippen LogP contribution in [0.4, 0.5) is 5.69 Å². The predicted octanol–water partition coefficient (Wildman–Crippen LogP) is 6.76. The van der Waals surface area contributed by atoms with Crippen LogP contribution in [-0.4, -0.2) is 37.3 Å². The first-order valence-electron chi connectivity index (χ1n) is 13.4. The highest BCUT2D eigenvalue weighted by Gasteiger charge is 2.51. The van der Waals surface area contributed by atoms with Gasteiger partial charge in [0.25, 0.3) is 0 Å². The second-order valence-electron chi connectivity index (χ2n) is 10.1. The summed E-state index contributed by atoms with van der Waals surface area (Å²) in [5.74, 6) is 1.88. The zero-order valence-electron chi connectivity index (χ0n) is 20.1. The molecule has 1 heterocycles. The Balaban J connectivity index is 1.21. The van der Waals surface area contributed by atoms with Gasteiger partial charge in [0.05, 0.1) is 18.9 Å². The number of hydrogen-bond donors (Lipinski definition) is 0. The molecule has 2 saturated carbocycles. The summed E-state index contributed by atoms with van der Waals surface area (Å²) in [4.78, 5) is 17.2. The van der Waals surface area contributed by atoms with Gasteiger partial charge >= 0.3 is 5.97 Å². The summed E-state index contributed by atoms with van der Waals surface area (Å²) in [6, 6.07) is 9.74. The van der Waals surface area contributed by atoms with Crippen LogP contribution in [0.15, 0.2) is 35.3 Å². The normalized spacial score (nSPS) is 24.4. The van der Waals surface area contributed by atoms with Crippen molar-refractivity contribution >= 4 is 17.6 Å². The van der Waals surface area contributed by atoms with Crippen molar-refractivity contribution in [2.45, 2.75) is 102 Å². The van der Waals surface area contributed by atoms with Gasteiger partial charge in [-0.05, 0) is 49.7 Å². The summed E-state index contributed by atoms with van der Waals surface area (Å²) in [6.45, 7) is 1.10. The fourth-order valence-corrected chi connectivity index (χ4v) is 5.41. The molecule has 2 unspecified atom stereocenters. The summed E-state index contributed by atoms with van der Waals surface area (Å²) in [5.41, 5.74) is 0.815. The van der Waals surface area contributed by atoms with E-state index in [4.69, 9.17) is 14.2 Å². The molecule has 1 saturated heterocycles. The van der Waals surface area contributed by atoms with E-state index in [1.807, 2.05) is 30.3 Å². The lowest BCUT2D eigenvalue weighted by molar-refractivity contribution is -0.145. The number of carbonyl (C=O) groups excluding carboxylic acids is 1. The highest BCUT2D eigenvalue weighted by molar-refractivity contribution is 5.94. The van der Waals surface area contributed by atoms with Gasteiger partial charge in [0.1, 0.15) is 0 Å². The molecule has 4 rings (SSSR count). The largest absolute Gasteiger partial charge is 0.479 e. The van der Waals surface area contributed by atoms with Gasteiger partial charge in [-0.2, -0.15) is 0 Å². The van der Waals surface area contributed by atoms with Gasteiger partial charge in [0.2, 0.25) is 5.90 Å². The molecule has 2 atom stereocenters. The molecule has 33 heavy (non-hydrogen) atoms. The van der Waals surface area contributed by atoms with E-state index in [1.165, 1.54) is 70.6 Å². The monoisotopic (exact) mass is 455 g/mol. The van der Waals surface area contributed by atoms with Crippen LogP contribution in [0.1, 0.15) is 89.9 Å². The van der Waals surface area contributed by atoms with Crippen LogP contribution in [0.3, 0.4) is 0 Å². The van der Waals surface area contributed by atoms with E-state index in [2.05, 4.69) is 4.99 Å². The van der Waals surface area contributed by atoms with Gasteiger partial charge in [0, 0.05) is 0 Å². The number of epoxide rings is 1. The molecule has 1 aromatic carbocycles. The summed E-state index contributed by atoms with van der Waals surface area (Å²) in [6.07, 6.45) is 16.9. The van der Waals surface area contributed by atoms with Gasteiger partial charge in [-0.1, -0.05) is 82.4 Å². The van der Waals surface area contributed by atoms with E-state index < -0.39 is 12.2 Å². The maximum Gasteiger partial charge on any atom is 0.338 e. The fourth-order valence-electron chi connectivity index (χ4n) is 5.41. The second-order valence-corrected chi connectivity index (χ2v) is 10.1.